The number of carboxylic acids is 1. The average Bonchev–Trinajstić information content (AvgIpc) is 2.36. The van der Waals surface area contributed by atoms with Crippen LogP contribution in [0.2, 0.25) is 0 Å². The van der Waals surface area contributed by atoms with E-state index in [9.17, 15) is 4.79 Å². The predicted molar refractivity (Wildman–Crippen MR) is 72.2 cm³/mol. The molecule has 0 saturated heterocycles. The van der Waals surface area contributed by atoms with Crippen LogP contribution < -0.4 is 4.74 Å². The zero-order valence-corrected chi connectivity index (χ0v) is 11.2. The van der Waals surface area contributed by atoms with Gasteiger partial charge in [0.25, 0.3) is 0 Å². The standard InChI is InChI=1S/C15H22O3/c1-3-7-13-12(8-4-5-11-15(16)17)9-6-10-14(13)18-2/h6,9-10H,3-5,7-8,11H2,1-2H3,(H,16,17). The Labute approximate surface area is 109 Å². The molecule has 0 unspecified atom stereocenters. The van der Waals surface area contributed by atoms with Gasteiger partial charge in [-0.2, -0.15) is 0 Å². The van der Waals surface area contributed by atoms with Gasteiger partial charge in [-0.1, -0.05) is 25.5 Å². The van der Waals surface area contributed by atoms with E-state index in [-0.39, 0.29) is 6.42 Å². The van der Waals surface area contributed by atoms with E-state index in [1.807, 2.05) is 12.1 Å². The summed E-state index contributed by atoms with van der Waals surface area (Å²) >= 11 is 0. The molecule has 0 aliphatic heterocycles. The van der Waals surface area contributed by atoms with E-state index in [4.69, 9.17) is 9.84 Å². The molecular weight excluding hydrogens is 228 g/mol. The maximum atomic E-state index is 10.5. The number of hydrogen-bond acceptors (Lipinski definition) is 2. The van der Waals surface area contributed by atoms with Gasteiger partial charge in [-0.05, 0) is 42.9 Å². The Morgan fingerprint density at radius 3 is 2.67 bits per heavy atom. The molecule has 0 aliphatic carbocycles. The minimum absolute atomic E-state index is 0.257. The summed E-state index contributed by atoms with van der Waals surface area (Å²) in [5.74, 6) is 0.238. The predicted octanol–water partition coefficient (Wildman–Crippen LogP) is 3.45. The minimum atomic E-state index is -0.713. The highest BCUT2D eigenvalue weighted by atomic mass is 16.5. The van der Waals surface area contributed by atoms with Crippen LogP contribution in [0.1, 0.15) is 43.7 Å². The van der Waals surface area contributed by atoms with Crippen LogP contribution in [0.25, 0.3) is 0 Å². The van der Waals surface area contributed by atoms with Crippen molar-refractivity contribution in [3.63, 3.8) is 0 Å². The number of rotatable bonds is 8. The van der Waals surface area contributed by atoms with E-state index in [2.05, 4.69) is 13.0 Å². The Morgan fingerprint density at radius 1 is 1.28 bits per heavy atom. The van der Waals surface area contributed by atoms with Crippen LogP contribution >= 0.6 is 0 Å². The minimum Gasteiger partial charge on any atom is -0.496 e. The second-order valence-electron chi connectivity index (χ2n) is 4.45. The molecule has 18 heavy (non-hydrogen) atoms. The zero-order chi connectivity index (χ0) is 13.4. The number of aliphatic carboxylic acids is 1. The summed E-state index contributed by atoms with van der Waals surface area (Å²) in [6.45, 7) is 2.15. The molecule has 1 rings (SSSR count). The Bertz CT molecular complexity index is 385. The van der Waals surface area contributed by atoms with Crippen LogP contribution in [-0.4, -0.2) is 18.2 Å². The third-order valence-corrected chi connectivity index (χ3v) is 3.04. The maximum Gasteiger partial charge on any atom is 0.303 e. The number of hydrogen-bond donors (Lipinski definition) is 1. The summed E-state index contributed by atoms with van der Waals surface area (Å²) in [4.78, 5) is 10.5. The number of benzene rings is 1. The summed E-state index contributed by atoms with van der Waals surface area (Å²) in [6.07, 6.45) is 4.93. The van der Waals surface area contributed by atoms with Gasteiger partial charge in [0.05, 0.1) is 7.11 Å². The number of carboxylic acid groups (broad SMARTS) is 1. The molecule has 0 bridgehead atoms. The fraction of sp³-hybridized carbons (Fsp3) is 0.533. The Kier molecular flexibility index (Phi) is 6.26. The van der Waals surface area contributed by atoms with E-state index in [0.717, 1.165) is 37.9 Å². The first-order valence-electron chi connectivity index (χ1n) is 6.55. The number of ether oxygens (including phenoxy) is 1. The summed E-state index contributed by atoms with van der Waals surface area (Å²) in [7, 11) is 1.70. The van der Waals surface area contributed by atoms with Crippen molar-refractivity contribution in [2.24, 2.45) is 0 Å². The molecule has 0 fully saturated rings. The SMILES string of the molecule is CCCc1c(CCCCC(=O)O)cccc1OC. The van der Waals surface area contributed by atoms with Crippen molar-refractivity contribution in [1.29, 1.82) is 0 Å². The molecule has 0 radical (unpaired) electrons. The molecule has 1 aromatic rings. The van der Waals surface area contributed by atoms with E-state index in [1.54, 1.807) is 7.11 Å². The summed E-state index contributed by atoms with van der Waals surface area (Å²) in [6, 6.07) is 6.12. The van der Waals surface area contributed by atoms with Crippen molar-refractivity contribution in [3.8, 4) is 5.75 Å². The van der Waals surface area contributed by atoms with Crippen molar-refractivity contribution < 1.29 is 14.6 Å². The fourth-order valence-electron chi connectivity index (χ4n) is 2.16. The van der Waals surface area contributed by atoms with Crippen LogP contribution in [0.5, 0.6) is 5.75 Å². The lowest BCUT2D eigenvalue weighted by Crippen LogP contribution is -2.00. The molecular formula is C15H22O3. The van der Waals surface area contributed by atoms with Crippen LogP contribution in [0.15, 0.2) is 18.2 Å². The van der Waals surface area contributed by atoms with Crippen molar-refractivity contribution in [3.05, 3.63) is 29.3 Å². The van der Waals surface area contributed by atoms with Gasteiger partial charge in [-0.15, -0.1) is 0 Å². The van der Waals surface area contributed by atoms with Crippen molar-refractivity contribution in [2.75, 3.05) is 7.11 Å². The molecule has 0 amide bonds. The summed E-state index contributed by atoms with van der Waals surface area (Å²) < 4.78 is 5.39. The van der Waals surface area contributed by atoms with Crippen LogP contribution in [0, 0.1) is 0 Å². The van der Waals surface area contributed by atoms with Crippen LogP contribution in [0.4, 0.5) is 0 Å². The molecule has 3 heteroatoms. The van der Waals surface area contributed by atoms with E-state index < -0.39 is 5.97 Å². The highest BCUT2D eigenvalue weighted by molar-refractivity contribution is 5.66. The van der Waals surface area contributed by atoms with Gasteiger partial charge < -0.3 is 9.84 Å². The van der Waals surface area contributed by atoms with E-state index in [1.165, 1.54) is 11.1 Å². The summed E-state index contributed by atoms with van der Waals surface area (Å²) in [5.41, 5.74) is 2.57. The van der Waals surface area contributed by atoms with Gasteiger partial charge in [0.1, 0.15) is 5.75 Å². The van der Waals surface area contributed by atoms with Crippen molar-refractivity contribution in [2.45, 2.75) is 45.4 Å². The quantitative estimate of drug-likeness (QED) is 0.719. The Balaban J connectivity index is 2.65. The molecule has 0 aromatic heterocycles. The molecule has 100 valence electrons. The van der Waals surface area contributed by atoms with E-state index in [0.29, 0.717) is 0 Å². The first-order chi connectivity index (χ1) is 8.69. The molecule has 1 aromatic carbocycles. The van der Waals surface area contributed by atoms with Gasteiger partial charge in [-0.25, -0.2) is 0 Å². The Morgan fingerprint density at radius 2 is 2.06 bits per heavy atom. The molecule has 3 nitrogen and oxygen atoms in total. The number of unbranched alkanes of at least 4 members (excludes halogenated alkanes) is 1. The highest BCUT2D eigenvalue weighted by Gasteiger charge is 2.08. The van der Waals surface area contributed by atoms with Crippen molar-refractivity contribution in [1.82, 2.24) is 0 Å². The summed E-state index contributed by atoms with van der Waals surface area (Å²) in [5, 5.41) is 8.61. The second-order valence-corrected chi connectivity index (χ2v) is 4.45. The lowest BCUT2D eigenvalue weighted by molar-refractivity contribution is -0.137. The number of methoxy groups -OCH3 is 1. The smallest absolute Gasteiger partial charge is 0.303 e. The maximum absolute atomic E-state index is 10.5. The topological polar surface area (TPSA) is 46.5 Å². The lowest BCUT2D eigenvalue weighted by Gasteiger charge is -2.13. The molecule has 0 aliphatic rings. The van der Waals surface area contributed by atoms with Crippen LogP contribution in [-0.2, 0) is 17.6 Å². The van der Waals surface area contributed by atoms with E-state index >= 15 is 0 Å². The largest absolute Gasteiger partial charge is 0.496 e. The zero-order valence-electron chi connectivity index (χ0n) is 11.2. The molecule has 0 saturated carbocycles. The Hall–Kier alpha value is -1.51. The second kappa shape index (κ2) is 7.75. The fourth-order valence-corrected chi connectivity index (χ4v) is 2.16. The third kappa shape index (κ3) is 4.40. The van der Waals surface area contributed by atoms with Gasteiger partial charge in [-0.3, -0.25) is 4.79 Å². The third-order valence-electron chi connectivity index (χ3n) is 3.04. The molecule has 0 spiro atoms. The lowest BCUT2D eigenvalue weighted by atomic mass is 9.97. The molecule has 0 heterocycles. The monoisotopic (exact) mass is 250 g/mol. The number of aryl methyl sites for hydroxylation is 1. The molecule has 1 N–H and O–H groups in total. The normalized spacial score (nSPS) is 10.3. The van der Waals surface area contributed by atoms with Gasteiger partial charge in [0.15, 0.2) is 0 Å². The number of carbonyl (C=O) groups is 1. The average molecular weight is 250 g/mol. The first kappa shape index (κ1) is 14.6. The first-order valence-corrected chi connectivity index (χ1v) is 6.55. The van der Waals surface area contributed by atoms with Crippen LogP contribution in [0.3, 0.4) is 0 Å². The van der Waals surface area contributed by atoms with Gasteiger partial charge in [0.2, 0.25) is 0 Å². The molecule has 0 atom stereocenters. The van der Waals surface area contributed by atoms with Gasteiger partial charge >= 0.3 is 5.97 Å². The highest BCUT2D eigenvalue weighted by Crippen LogP contribution is 2.25. The van der Waals surface area contributed by atoms with Gasteiger partial charge in [0, 0.05) is 6.42 Å². The van der Waals surface area contributed by atoms with Crippen molar-refractivity contribution >= 4 is 5.97 Å².